The number of aromatic nitrogens is 2. The molecule has 0 amide bonds. The minimum Gasteiger partial charge on any atom is -0.380 e. The van der Waals surface area contributed by atoms with Crippen molar-refractivity contribution in [2.24, 2.45) is 10.9 Å². The lowest BCUT2D eigenvalue weighted by atomic mass is 10.2. The maximum atomic E-state index is 11.7. The van der Waals surface area contributed by atoms with Crippen LogP contribution in [0.15, 0.2) is 35.6 Å². The maximum Gasteiger partial charge on any atom is 0.385 e. The van der Waals surface area contributed by atoms with Crippen molar-refractivity contribution in [2.75, 3.05) is 0 Å². The summed E-state index contributed by atoms with van der Waals surface area (Å²) < 4.78 is 1.60. The van der Waals surface area contributed by atoms with Crippen LogP contribution in [0.3, 0.4) is 0 Å². The summed E-state index contributed by atoms with van der Waals surface area (Å²) >= 11 is 11.8. The largest absolute Gasteiger partial charge is 0.385 e. The minimum atomic E-state index is -0.699. The molecule has 0 aliphatic carbocycles. The zero-order valence-electron chi connectivity index (χ0n) is 11.1. The highest BCUT2D eigenvalue weighted by atomic mass is 35.5. The van der Waals surface area contributed by atoms with Crippen molar-refractivity contribution in [2.45, 2.75) is 13.5 Å². The van der Waals surface area contributed by atoms with Gasteiger partial charge in [-0.05, 0) is 31.2 Å². The van der Waals surface area contributed by atoms with Gasteiger partial charge in [-0.2, -0.15) is 5.10 Å². The molecule has 0 fully saturated rings. The molecular weight excluding hydrogens is 315 g/mol. The van der Waals surface area contributed by atoms with Crippen LogP contribution in [-0.4, -0.2) is 21.6 Å². The van der Waals surface area contributed by atoms with Gasteiger partial charge in [-0.3, -0.25) is 4.68 Å². The van der Waals surface area contributed by atoms with Crippen molar-refractivity contribution < 1.29 is 9.63 Å². The average Bonchev–Trinajstić information content (AvgIpc) is 2.93. The van der Waals surface area contributed by atoms with E-state index in [-0.39, 0.29) is 11.5 Å². The van der Waals surface area contributed by atoms with E-state index in [1.54, 1.807) is 23.0 Å². The van der Waals surface area contributed by atoms with E-state index < -0.39 is 5.97 Å². The van der Waals surface area contributed by atoms with E-state index in [0.717, 1.165) is 0 Å². The number of aryl methyl sites for hydroxylation is 1. The molecule has 2 aromatic rings. The first-order chi connectivity index (χ1) is 10.0. The quantitative estimate of drug-likeness (QED) is 0.405. The van der Waals surface area contributed by atoms with Crippen LogP contribution in [-0.2, 0) is 11.4 Å². The third-order valence-corrected chi connectivity index (χ3v) is 3.16. The lowest BCUT2D eigenvalue weighted by molar-refractivity contribution is 0.0508. The van der Waals surface area contributed by atoms with Crippen molar-refractivity contribution in [3.05, 3.63) is 51.8 Å². The molecule has 6 nitrogen and oxygen atoms in total. The summed E-state index contributed by atoms with van der Waals surface area (Å²) in [4.78, 5) is 16.5. The molecule has 2 rings (SSSR count). The van der Waals surface area contributed by atoms with Gasteiger partial charge in [-0.1, -0.05) is 28.4 Å². The van der Waals surface area contributed by atoms with E-state index in [1.807, 2.05) is 6.92 Å². The Labute approximate surface area is 131 Å². The van der Waals surface area contributed by atoms with E-state index in [1.165, 1.54) is 12.1 Å². The van der Waals surface area contributed by atoms with E-state index in [4.69, 9.17) is 33.8 Å². The van der Waals surface area contributed by atoms with Crippen LogP contribution in [0, 0.1) is 0 Å². The van der Waals surface area contributed by atoms with Crippen LogP contribution >= 0.6 is 23.2 Å². The third kappa shape index (κ3) is 3.74. The fourth-order valence-corrected chi connectivity index (χ4v) is 2.04. The normalized spacial score (nSPS) is 11.5. The number of oxime groups is 1. The second-order valence-corrected chi connectivity index (χ2v) is 4.88. The summed E-state index contributed by atoms with van der Waals surface area (Å²) in [6, 6.07) is 6.25. The Morgan fingerprint density at radius 2 is 2.19 bits per heavy atom. The molecule has 0 aliphatic rings. The zero-order chi connectivity index (χ0) is 15.4. The number of amidine groups is 1. The Bertz CT molecular complexity index is 697. The van der Waals surface area contributed by atoms with Gasteiger partial charge in [-0.25, -0.2) is 4.79 Å². The lowest BCUT2D eigenvalue weighted by Crippen LogP contribution is -2.16. The summed E-state index contributed by atoms with van der Waals surface area (Å²) in [5, 5.41) is 8.35. The molecule has 21 heavy (non-hydrogen) atoms. The SMILES string of the molecule is CCn1ccc(C(=O)O/N=C(\N)c2ccc(Cl)cc2Cl)n1. The van der Waals surface area contributed by atoms with E-state index in [0.29, 0.717) is 22.2 Å². The fraction of sp³-hybridized carbons (Fsp3) is 0.154. The Hall–Kier alpha value is -2.05. The van der Waals surface area contributed by atoms with Gasteiger partial charge >= 0.3 is 5.97 Å². The summed E-state index contributed by atoms with van der Waals surface area (Å²) in [5.41, 5.74) is 6.30. The Morgan fingerprint density at radius 1 is 1.43 bits per heavy atom. The highest BCUT2D eigenvalue weighted by Crippen LogP contribution is 2.20. The van der Waals surface area contributed by atoms with E-state index in [2.05, 4.69) is 10.3 Å². The number of nitrogens with two attached hydrogens (primary N) is 1. The second-order valence-electron chi connectivity index (χ2n) is 4.04. The zero-order valence-corrected chi connectivity index (χ0v) is 12.6. The number of hydrogen-bond donors (Lipinski definition) is 1. The molecule has 0 spiro atoms. The van der Waals surface area contributed by atoms with Gasteiger partial charge in [0.1, 0.15) is 0 Å². The van der Waals surface area contributed by atoms with Gasteiger partial charge < -0.3 is 10.6 Å². The summed E-state index contributed by atoms with van der Waals surface area (Å²) in [5.74, 6) is -0.727. The minimum absolute atomic E-state index is 0.0278. The molecule has 0 unspecified atom stereocenters. The summed E-state index contributed by atoms with van der Waals surface area (Å²) in [6.07, 6.45) is 1.67. The highest BCUT2D eigenvalue weighted by molar-refractivity contribution is 6.36. The summed E-state index contributed by atoms with van der Waals surface area (Å²) in [7, 11) is 0. The van der Waals surface area contributed by atoms with Crippen molar-refractivity contribution >= 4 is 35.0 Å². The number of halogens is 2. The molecule has 1 aromatic carbocycles. The van der Waals surface area contributed by atoms with Crippen LogP contribution < -0.4 is 5.73 Å². The number of benzene rings is 1. The maximum absolute atomic E-state index is 11.7. The number of carbonyl (C=O) groups is 1. The molecule has 2 N–H and O–H groups in total. The third-order valence-electron chi connectivity index (χ3n) is 2.61. The number of hydrogen-bond acceptors (Lipinski definition) is 4. The molecule has 8 heteroatoms. The molecule has 0 atom stereocenters. The lowest BCUT2D eigenvalue weighted by Gasteiger charge is -2.03. The monoisotopic (exact) mass is 326 g/mol. The van der Waals surface area contributed by atoms with Crippen molar-refractivity contribution in [3.63, 3.8) is 0 Å². The molecule has 1 heterocycles. The number of rotatable bonds is 4. The van der Waals surface area contributed by atoms with Gasteiger partial charge in [0, 0.05) is 23.3 Å². The molecule has 0 aliphatic heterocycles. The molecule has 0 bridgehead atoms. The summed E-state index contributed by atoms with van der Waals surface area (Å²) in [6.45, 7) is 2.56. The molecule has 0 saturated carbocycles. The van der Waals surface area contributed by atoms with E-state index in [9.17, 15) is 4.79 Å². The van der Waals surface area contributed by atoms with Gasteiger partial charge in [-0.15, -0.1) is 0 Å². The Morgan fingerprint density at radius 3 is 2.81 bits per heavy atom. The van der Waals surface area contributed by atoms with Crippen LogP contribution in [0.1, 0.15) is 23.0 Å². The first-order valence-electron chi connectivity index (χ1n) is 6.05. The number of nitrogens with zero attached hydrogens (tertiary/aromatic N) is 3. The van der Waals surface area contributed by atoms with E-state index >= 15 is 0 Å². The smallest absolute Gasteiger partial charge is 0.380 e. The van der Waals surface area contributed by atoms with Crippen LogP contribution in [0.25, 0.3) is 0 Å². The molecule has 0 saturated heterocycles. The van der Waals surface area contributed by atoms with Crippen molar-refractivity contribution in [1.29, 1.82) is 0 Å². The first-order valence-corrected chi connectivity index (χ1v) is 6.80. The van der Waals surface area contributed by atoms with Crippen molar-refractivity contribution in [1.82, 2.24) is 9.78 Å². The first kappa shape index (κ1) is 15.3. The number of carbonyl (C=O) groups excluding carboxylic acids is 1. The standard InChI is InChI=1S/C13H12Cl2N4O2/c1-2-19-6-5-11(17-19)13(20)21-18-12(16)9-4-3-8(14)7-10(9)15/h3-7H,2H2,1H3,(H2,16,18). The molecule has 1 aromatic heterocycles. The van der Waals surface area contributed by atoms with Crippen molar-refractivity contribution in [3.8, 4) is 0 Å². The Balaban J connectivity index is 2.10. The van der Waals surface area contributed by atoms with Gasteiger partial charge in [0.2, 0.25) is 0 Å². The topological polar surface area (TPSA) is 82.5 Å². The van der Waals surface area contributed by atoms with Crippen LogP contribution in [0.5, 0.6) is 0 Å². The van der Waals surface area contributed by atoms with Gasteiger partial charge in [0.25, 0.3) is 0 Å². The highest BCUT2D eigenvalue weighted by Gasteiger charge is 2.12. The van der Waals surface area contributed by atoms with Gasteiger partial charge in [0.05, 0.1) is 5.02 Å². The van der Waals surface area contributed by atoms with Crippen LogP contribution in [0.2, 0.25) is 10.0 Å². The molecule has 0 radical (unpaired) electrons. The second kappa shape index (κ2) is 6.60. The fourth-order valence-electron chi connectivity index (χ4n) is 1.53. The predicted molar refractivity (Wildman–Crippen MR) is 80.5 cm³/mol. The molecular formula is C13H12Cl2N4O2. The average molecular weight is 327 g/mol. The predicted octanol–water partition coefficient (Wildman–Crippen LogP) is 2.69. The van der Waals surface area contributed by atoms with Crippen LogP contribution in [0.4, 0.5) is 0 Å². The van der Waals surface area contributed by atoms with Gasteiger partial charge in [0.15, 0.2) is 11.5 Å². The Kier molecular flexibility index (Phi) is 4.82. The molecule has 110 valence electrons.